The molecule has 1 unspecified atom stereocenters. The van der Waals surface area contributed by atoms with E-state index < -0.39 is 6.10 Å². The van der Waals surface area contributed by atoms with Crippen LogP contribution in [0, 0.1) is 0 Å². The van der Waals surface area contributed by atoms with Crippen molar-refractivity contribution < 1.29 is 19.1 Å². The van der Waals surface area contributed by atoms with E-state index in [4.69, 9.17) is 14.0 Å². The molecule has 1 aromatic carbocycles. The molecular weight excluding hydrogens is 354 g/mol. The van der Waals surface area contributed by atoms with E-state index in [1.165, 1.54) is 0 Å². The monoisotopic (exact) mass is 373 g/mol. The molecule has 7 nitrogen and oxygen atoms in total. The Hall–Kier alpha value is -2.42. The Morgan fingerprint density at radius 3 is 2.81 bits per heavy atom. The standard InChI is InChI=1S/C18H19N3O4S/c1-23-13-5-6-14(24-2)17-11(13)8-21(9-12(17)22)10-16-19-18(20-25-16)15-4-3-7-26-15/h3-7,12,22H,8-10H2,1-2H3. The van der Waals surface area contributed by atoms with Crippen molar-refractivity contribution in [3.05, 3.63) is 46.7 Å². The Bertz CT molecular complexity index is 894. The van der Waals surface area contributed by atoms with Crippen LogP contribution in [-0.4, -0.2) is 40.9 Å². The fourth-order valence-electron chi connectivity index (χ4n) is 3.28. The number of aromatic nitrogens is 2. The molecule has 2 aromatic heterocycles. The van der Waals surface area contributed by atoms with Crippen LogP contribution in [0.5, 0.6) is 11.5 Å². The SMILES string of the molecule is COc1ccc(OC)c2c1CN(Cc1nc(-c3cccs3)no1)CC2O. The van der Waals surface area contributed by atoms with Gasteiger partial charge in [0.05, 0.1) is 31.7 Å². The number of ether oxygens (including phenoxy) is 2. The molecule has 0 bridgehead atoms. The van der Waals surface area contributed by atoms with Crippen molar-refractivity contribution in [1.29, 1.82) is 0 Å². The van der Waals surface area contributed by atoms with Crippen LogP contribution in [-0.2, 0) is 13.1 Å². The Morgan fingerprint density at radius 2 is 2.08 bits per heavy atom. The van der Waals surface area contributed by atoms with Gasteiger partial charge in [-0.15, -0.1) is 11.3 Å². The Balaban J connectivity index is 1.57. The van der Waals surface area contributed by atoms with Crippen molar-refractivity contribution >= 4 is 11.3 Å². The highest BCUT2D eigenvalue weighted by Crippen LogP contribution is 2.39. The molecule has 0 aliphatic carbocycles. The number of thiophene rings is 1. The molecule has 8 heteroatoms. The predicted molar refractivity (Wildman–Crippen MR) is 96.2 cm³/mol. The average Bonchev–Trinajstić information content (AvgIpc) is 3.32. The number of benzene rings is 1. The van der Waals surface area contributed by atoms with E-state index in [0.29, 0.717) is 37.1 Å². The number of methoxy groups -OCH3 is 2. The molecule has 1 N–H and O–H groups in total. The Kier molecular flexibility index (Phi) is 4.62. The maximum atomic E-state index is 10.7. The van der Waals surface area contributed by atoms with E-state index in [9.17, 15) is 5.11 Å². The van der Waals surface area contributed by atoms with Gasteiger partial charge < -0.3 is 19.1 Å². The molecule has 0 saturated heterocycles. The summed E-state index contributed by atoms with van der Waals surface area (Å²) in [5, 5.41) is 16.7. The first-order valence-electron chi connectivity index (χ1n) is 8.20. The third-order valence-corrected chi connectivity index (χ3v) is 5.29. The number of hydrogen-bond acceptors (Lipinski definition) is 8. The van der Waals surface area contributed by atoms with Crippen molar-refractivity contribution in [3.63, 3.8) is 0 Å². The quantitative estimate of drug-likeness (QED) is 0.736. The fraction of sp³-hybridized carbons (Fsp3) is 0.333. The van der Waals surface area contributed by atoms with Crippen LogP contribution < -0.4 is 9.47 Å². The zero-order valence-electron chi connectivity index (χ0n) is 14.5. The zero-order chi connectivity index (χ0) is 18.1. The van der Waals surface area contributed by atoms with Gasteiger partial charge in [-0.25, -0.2) is 0 Å². The number of hydrogen-bond donors (Lipinski definition) is 1. The molecule has 0 amide bonds. The van der Waals surface area contributed by atoms with Crippen LogP contribution in [0.15, 0.2) is 34.2 Å². The minimum absolute atomic E-state index is 0.452. The first-order chi connectivity index (χ1) is 12.7. The molecule has 0 fully saturated rings. The van der Waals surface area contributed by atoms with Gasteiger partial charge in [-0.05, 0) is 23.6 Å². The minimum Gasteiger partial charge on any atom is -0.496 e. The summed E-state index contributed by atoms with van der Waals surface area (Å²) in [6, 6.07) is 7.59. The number of aliphatic hydroxyl groups is 1. The van der Waals surface area contributed by atoms with Crippen LogP contribution in [0.1, 0.15) is 23.1 Å². The van der Waals surface area contributed by atoms with Crippen LogP contribution in [0.25, 0.3) is 10.7 Å². The van der Waals surface area contributed by atoms with Gasteiger partial charge in [0.25, 0.3) is 0 Å². The summed E-state index contributed by atoms with van der Waals surface area (Å²) in [5.74, 6) is 2.51. The number of fused-ring (bicyclic) bond motifs is 1. The van der Waals surface area contributed by atoms with E-state index in [1.54, 1.807) is 25.6 Å². The van der Waals surface area contributed by atoms with Crippen LogP contribution >= 0.6 is 11.3 Å². The highest BCUT2D eigenvalue weighted by Gasteiger charge is 2.30. The van der Waals surface area contributed by atoms with E-state index in [1.807, 2.05) is 29.6 Å². The number of β-amino-alcohol motifs (C(OH)–C–C–N with tert-alkyl or cyclic N) is 1. The minimum atomic E-state index is -0.677. The zero-order valence-corrected chi connectivity index (χ0v) is 15.3. The van der Waals surface area contributed by atoms with Crippen LogP contribution in [0.3, 0.4) is 0 Å². The Morgan fingerprint density at radius 1 is 1.27 bits per heavy atom. The maximum absolute atomic E-state index is 10.7. The van der Waals surface area contributed by atoms with Gasteiger partial charge in [0, 0.05) is 24.2 Å². The first kappa shape index (κ1) is 17.0. The molecule has 0 spiro atoms. The summed E-state index contributed by atoms with van der Waals surface area (Å²) in [4.78, 5) is 7.48. The van der Waals surface area contributed by atoms with Crippen molar-refractivity contribution in [1.82, 2.24) is 15.0 Å². The second-order valence-electron chi connectivity index (χ2n) is 6.04. The van der Waals surface area contributed by atoms with Crippen molar-refractivity contribution in [2.24, 2.45) is 0 Å². The normalized spacial score (nSPS) is 17.1. The van der Waals surface area contributed by atoms with Crippen molar-refractivity contribution in [3.8, 4) is 22.2 Å². The number of rotatable bonds is 5. The molecule has 3 aromatic rings. The first-order valence-corrected chi connectivity index (χ1v) is 9.08. The molecule has 0 saturated carbocycles. The molecule has 3 heterocycles. The lowest BCUT2D eigenvalue weighted by Crippen LogP contribution is -2.33. The van der Waals surface area contributed by atoms with Crippen molar-refractivity contribution in [2.75, 3.05) is 20.8 Å². The second kappa shape index (κ2) is 7.06. The van der Waals surface area contributed by atoms with Crippen LogP contribution in [0.2, 0.25) is 0 Å². The molecule has 26 heavy (non-hydrogen) atoms. The van der Waals surface area contributed by atoms with Crippen molar-refractivity contribution in [2.45, 2.75) is 19.2 Å². The summed E-state index contributed by atoms with van der Waals surface area (Å²) in [5.41, 5.74) is 1.71. The summed E-state index contributed by atoms with van der Waals surface area (Å²) >= 11 is 1.57. The summed E-state index contributed by atoms with van der Waals surface area (Å²) in [7, 11) is 3.23. The third kappa shape index (κ3) is 3.07. The van der Waals surface area contributed by atoms with Gasteiger partial charge in [-0.3, -0.25) is 4.90 Å². The van der Waals surface area contributed by atoms with Gasteiger partial charge >= 0.3 is 0 Å². The molecule has 4 rings (SSSR count). The van der Waals surface area contributed by atoms with Gasteiger partial charge in [0.1, 0.15) is 11.5 Å². The summed E-state index contributed by atoms with van der Waals surface area (Å²) in [6.07, 6.45) is -0.677. The fourth-order valence-corrected chi connectivity index (χ4v) is 3.93. The van der Waals surface area contributed by atoms with E-state index in [2.05, 4.69) is 15.0 Å². The van der Waals surface area contributed by atoms with E-state index in [-0.39, 0.29) is 0 Å². The lowest BCUT2D eigenvalue weighted by molar-refractivity contribution is 0.0779. The largest absolute Gasteiger partial charge is 0.496 e. The number of nitrogens with zero attached hydrogens (tertiary/aromatic N) is 3. The number of aliphatic hydroxyl groups excluding tert-OH is 1. The average molecular weight is 373 g/mol. The highest BCUT2D eigenvalue weighted by atomic mass is 32.1. The lowest BCUT2D eigenvalue weighted by atomic mass is 9.95. The lowest BCUT2D eigenvalue weighted by Gasteiger charge is -2.33. The molecular formula is C18H19N3O4S. The molecule has 1 aliphatic heterocycles. The Labute approximate surface area is 154 Å². The molecule has 1 atom stereocenters. The third-order valence-electron chi connectivity index (χ3n) is 4.43. The second-order valence-corrected chi connectivity index (χ2v) is 6.98. The molecule has 136 valence electrons. The smallest absolute Gasteiger partial charge is 0.241 e. The summed E-state index contributed by atoms with van der Waals surface area (Å²) in [6.45, 7) is 1.51. The van der Waals surface area contributed by atoms with Gasteiger partial charge in [-0.1, -0.05) is 11.2 Å². The summed E-state index contributed by atoms with van der Waals surface area (Å²) < 4.78 is 16.3. The maximum Gasteiger partial charge on any atom is 0.241 e. The molecule has 0 radical (unpaired) electrons. The van der Waals surface area contributed by atoms with Gasteiger partial charge in [0.15, 0.2) is 0 Å². The molecule has 1 aliphatic rings. The van der Waals surface area contributed by atoms with Gasteiger partial charge in [-0.2, -0.15) is 4.98 Å². The topological polar surface area (TPSA) is 80.9 Å². The predicted octanol–water partition coefficient (Wildman–Crippen LogP) is 2.86. The van der Waals surface area contributed by atoms with E-state index >= 15 is 0 Å². The van der Waals surface area contributed by atoms with E-state index in [0.717, 1.165) is 21.8 Å². The highest BCUT2D eigenvalue weighted by molar-refractivity contribution is 7.13. The van der Waals surface area contributed by atoms with Gasteiger partial charge in [0.2, 0.25) is 11.7 Å². The van der Waals surface area contributed by atoms with Crippen LogP contribution in [0.4, 0.5) is 0 Å².